The van der Waals surface area contributed by atoms with Gasteiger partial charge in [-0.2, -0.15) is 0 Å². The lowest BCUT2D eigenvalue weighted by Gasteiger charge is -2.34. The number of carbonyl (C=O) groups is 3. The average molecular weight is 422 g/mol. The Hall–Kier alpha value is -3.35. The SMILES string of the molecule is CC(=O)N1CCC([C@H](NC(=O)OCC2c3ccccc3-c3ccccc32)C(=O)O)CC1. The quantitative estimate of drug-likeness (QED) is 0.771. The molecule has 0 bridgehead atoms. The largest absolute Gasteiger partial charge is 0.480 e. The van der Waals surface area contributed by atoms with Gasteiger partial charge in [-0.3, -0.25) is 4.79 Å². The van der Waals surface area contributed by atoms with Crippen LogP contribution < -0.4 is 5.32 Å². The second-order valence-electron chi connectivity index (χ2n) is 8.13. The molecule has 1 heterocycles. The van der Waals surface area contributed by atoms with E-state index < -0.39 is 18.1 Å². The second-order valence-corrected chi connectivity index (χ2v) is 8.13. The number of likely N-dealkylation sites (tertiary alicyclic amines) is 1. The average Bonchev–Trinajstić information content (AvgIpc) is 3.10. The summed E-state index contributed by atoms with van der Waals surface area (Å²) >= 11 is 0. The Labute approximate surface area is 181 Å². The minimum Gasteiger partial charge on any atom is -0.480 e. The molecule has 0 radical (unpaired) electrons. The van der Waals surface area contributed by atoms with Crippen molar-refractivity contribution < 1.29 is 24.2 Å². The zero-order valence-electron chi connectivity index (χ0n) is 17.4. The molecule has 1 aliphatic carbocycles. The van der Waals surface area contributed by atoms with Gasteiger partial charge in [0.2, 0.25) is 5.91 Å². The van der Waals surface area contributed by atoms with Gasteiger partial charge in [-0.1, -0.05) is 48.5 Å². The van der Waals surface area contributed by atoms with Crippen molar-refractivity contribution in [3.05, 3.63) is 59.7 Å². The molecular formula is C24H26N2O5. The van der Waals surface area contributed by atoms with Gasteiger partial charge in [-0.25, -0.2) is 9.59 Å². The van der Waals surface area contributed by atoms with Crippen LogP contribution >= 0.6 is 0 Å². The lowest BCUT2D eigenvalue weighted by atomic mass is 9.89. The fourth-order valence-electron chi connectivity index (χ4n) is 4.70. The first kappa shape index (κ1) is 20.9. The number of ether oxygens (including phenoxy) is 1. The van der Waals surface area contributed by atoms with E-state index in [0.29, 0.717) is 25.9 Å². The molecule has 0 aromatic heterocycles. The van der Waals surface area contributed by atoms with E-state index in [1.807, 2.05) is 36.4 Å². The Balaban J connectivity index is 1.40. The van der Waals surface area contributed by atoms with Crippen LogP contribution in [0.5, 0.6) is 0 Å². The number of carboxylic acid groups (broad SMARTS) is 1. The van der Waals surface area contributed by atoms with E-state index in [-0.39, 0.29) is 24.3 Å². The van der Waals surface area contributed by atoms with E-state index in [2.05, 4.69) is 17.4 Å². The molecule has 7 heteroatoms. The van der Waals surface area contributed by atoms with Crippen molar-refractivity contribution in [1.82, 2.24) is 10.2 Å². The van der Waals surface area contributed by atoms with E-state index >= 15 is 0 Å². The van der Waals surface area contributed by atoms with Crippen LogP contribution in [0.2, 0.25) is 0 Å². The van der Waals surface area contributed by atoms with Crippen LogP contribution in [-0.4, -0.2) is 53.7 Å². The maximum atomic E-state index is 12.5. The predicted molar refractivity (Wildman–Crippen MR) is 115 cm³/mol. The molecule has 0 saturated carbocycles. The van der Waals surface area contributed by atoms with Gasteiger partial charge in [0, 0.05) is 25.9 Å². The molecule has 1 saturated heterocycles. The molecule has 162 valence electrons. The highest BCUT2D eigenvalue weighted by atomic mass is 16.5. The summed E-state index contributed by atoms with van der Waals surface area (Å²) in [6.07, 6.45) is 0.323. The number of alkyl carbamates (subject to hydrolysis) is 1. The van der Waals surface area contributed by atoms with Crippen molar-refractivity contribution in [2.45, 2.75) is 31.7 Å². The summed E-state index contributed by atoms with van der Waals surface area (Å²) in [6, 6.07) is 15.0. The van der Waals surface area contributed by atoms with Gasteiger partial charge in [0.25, 0.3) is 0 Å². The molecule has 2 aromatic rings. The molecule has 0 unspecified atom stereocenters. The molecule has 1 atom stereocenters. The van der Waals surface area contributed by atoms with Crippen LogP contribution in [-0.2, 0) is 14.3 Å². The van der Waals surface area contributed by atoms with Crippen molar-refractivity contribution in [3.63, 3.8) is 0 Å². The molecule has 2 N–H and O–H groups in total. The first-order valence-electron chi connectivity index (χ1n) is 10.6. The zero-order valence-corrected chi connectivity index (χ0v) is 17.4. The summed E-state index contributed by atoms with van der Waals surface area (Å²) in [5, 5.41) is 12.2. The standard InChI is InChI=1S/C24H26N2O5/c1-15(27)26-12-10-16(11-13-26)22(23(28)29)25-24(30)31-14-21-19-8-4-2-6-17(19)18-7-3-5-9-20(18)21/h2-9,16,21-22H,10-14H2,1H3,(H,25,30)(H,28,29)/t22-/m0/s1. The lowest BCUT2D eigenvalue weighted by Crippen LogP contribution is -2.50. The Morgan fingerprint density at radius 1 is 1.03 bits per heavy atom. The van der Waals surface area contributed by atoms with Gasteiger partial charge < -0.3 is 20.1 Å². The fraction of sp³-hybridized carbons (Fsp3) is 0.375. The number of nitrogens with one attached hydrogen (secondary N) is 1. The van der Waals surface area contributed by atoms with Crippen LogP contribution in [0.1, 0.15) is 36.8 Å². The third-order valence-corrected chi connectivity index (χ3v) is 6.34. The molecule has 31 heavy (non-hydrogen) atoms. The molecule has 1 fully saturated rings. The normalized spacial score (nSPS) is 16.9. The highest BCUT2D eigenvalue weighted by Crippen LogP contribution is 2.44. The number of fused-ring (bicyclic) bond motifs is 3. The van der Waals surface area contributed by atoms with Crippen molar-refractivity contribution in [1.29, 1.82) is 0 Å². The van der Waals surface area contributed by atoms with Gasteiger partial charge in [0.05, 0.1) is 0 Å². The highest BCUT2D eigenvalue weighted by molar-refractivity contribution is 5.81. The summed E-state index contributed by atoms with van der Waals surface area (Å²) in [7, 11) is 0. The number of hydrogen-bond acceptors (Lipinski definition) is 4. The number of carboxylic acids is 1. The molecule has 2 amide bonds. The van der Waals surface area contributed by atoms with Gasteiger partial charge in [-0.05, 0) is 41.0 Å². The minimum absolute atomic E-state index is 0.0187. The Morgan fingerprint density at radius 3 is 2.10 bits per heavy atom. The molecule has 2 aliphatic rings. The second kappa shape index (κ2) is 8.79. The number of piperidine rings is 1. The van der Waals surface area contributed by atoms with Crippen LogP contribution in [0.25, 0.3) is 11.1 Å². The monoisotopic (exact) mass is 422 g/mol. The number of rotatable bonds is 5. The van der Waals surface area contributed by atoms with Crippen LogP contribution in [0.4, 0.5) is 4.79 Å². The number of benzene rings is 2. The summed E-state index contributed by atoms with van der Waals surface area (Å²) < 4.78 is 5.49. The van der Waals surface area contributed by atoms with Crippen molar-refractivity contribution in [2.24, 2.45) is 5.92 Å². The summed E-state index contributed by atoms with van der Waals surface area (Å²) in [6.45, 7) is 2.63. The Morgan fingerprint density at radius 2 is 1.58 bits per heavy atom. The van der Waals surface area contributed by atoms with Gasteiger partial charge in [0.1, 0.15) is 12.6 Å². The van der Waals surface area contributed by atoms with E-state index in [9.17, 15) is 19.5 Å². The summed E-state index contributed by atoms with van der Waals surface area (Å²) in [5.74, 6) is -1.43. The highest BCUT2D eigenvalue weighted by Gasteiger charge is 2.34. The van der Waals surface area contributed by atoms with Crippen LogP contribution in [0, 0.1) is 5.92 Å². The minimum atomic E-state index is -1.09. The van der Waals surface area contributed by atoms with Crippen LogP contribution in [0.15, 0.2) is 48.5 Å². The molecular weight excluding hydrogens is 396 g/mol. The fourth-order valence-corrected chi connectivity index (χ4v) is 4.70. The molecule has 2 aromatic carbocycles. The van der Waals surface area contributed by atoms with Crippen LogP contribution in [0.3, 0.4) is 0 Å². The Bertz CT molecular complexity index is 951. The topological polar surface area (TPSA) is 95.9 Å². The molecule has 4 rings (SSSR count). The Kier molecular flexibility index (Phi) is 5.93. The molecule has 0 spiro atoms. The third-order valence-electron chi connectivity index (χ3n) is 6.34. The van der Waals surface area contributed by atoms with Crippen molar-refractivity contribution >= 4 is 18.0 Å². The van der Waals surface area contributed by atoms with E-state index in [1.54, 1.807) is 4.90 Å². The van der Waals surface area contributed by atoms with E-state index in [4.69, 9.17) is 4.74 Å². The maximum Gasteiger partial charge on any atom is 0.407 e. The van der Waals surface area contributed by atoms with Gasteiger partial charge in [0.15, 0.2) is 0 Å². The van der Waals surface area contributed by atoms with Gasteiger partial charge >= 0.3 is 12.1 Å². The van der Waals surface area contributed by atoms with Gasteiger partial charge in [-0.15, -0.1) is 0 Å². The predicted octanol–water partition coefficient (Wildman–Crippen LogP) is 3.24. The molecule has 7 nitrogen and oxygen atoms in total. The first-order valence-corrected chi connectivity index (χ1v) is 10.6. The third kappa shape index (κ3) is 4.26. The summed E-state index contributed by atoms with van der Waals surface area (Å²) in [4.78, 5) is 37.5. The summed E-state index contributed by atoms with van der Waals surface area (Å²) in [5.41, 5.74) is 4.46. The molecule has 1 aliphatic heterocycles. The van der Waals surface area contributed by atoms with Crippen molar-refractivity contribution in [3.8, 4) is 11.1 Å². The number of carbonyl (C=O) groups excluding carboxylic acids is 2. The lowest BCUT2D eigenvalue weighted by molar-refractivity contribution is -0.141. The first-order chi connectivity index (χ1) is 15.0. The van der Waals surface area contributed by atoms with E-state index in [0.717, 1.165) is 22.3 Å². The number of hydrogen-bond donors (Lipinski definition) is 2. The number of nitrogens with zero attached hydrogens (tertiary/aromatic N) is 1. The zero-order chi connectivity index (χ0) is 22.0. The smallest absolute Gasteiger partial charge is 0.407 e. The van der Waals surface area contributed by atoms with E-state index in [1.165, 1.54) is 6.92 Å². The maximum absolute atomic E-state index is 12.5. The van der Waals surface area contributed by atoms with Crippen molar-refractivity contribution in [2.75, 3.05) is 19.7 Å². The number of aliphatic carboxylic acids is 1. The number of amides is 2.